The molecule has 1 N–H and O–H groups in total. The Kier molecular flexibility index (Phi) is 4.57. The van der Waals surface area contributed by atoms with Crippen molar-refractivity contribution in [3.8, 4) is 0 Å². The summed E-state index contributed by atoms with van der Waals surface area (Å²) in [5.74, 6) is 0.763. The van der Waals surface area contributed by atoms with Crippen LogP contribution < -0.4 is 5.32 Å². The number of amides is 1. The number of thiazole rings is 1. The molecule has 0 spiro atoms. The molecule has 1 aromatic heterocycles. The fourth-order valence-corrected chi connectivity index (χ4v) is 3.92. The molecular formula is C18H22N2OS. The summed E-state index contributed by atoms with van der Waals surface area (Å²) in [4.78, 5) is 18.1. The molecule has 22 heavy (non-hydrogen) atoms. The van der Waals surface area contributed by atoms with Crippen LogP contribution in [0.5, 0.6) is 0 Å². The van der Waals surface area contributed by atoms with E-state index in [2.05, 4.69) is 36.3 Å². The second-order valence-electron chi connectivity index (χ2n) is 5.86. The van der Waals surface area contributed by atoms with Crippen molar-refractivity contribution in [2.75, 3.05) is 6.54 Å². The SMILES string of the molecule is CCc1nc(CCNC(=O)[C@@H]2C[C@@H]2c2ccccc2)sc1C. The van der Waals surface area contributed by atoms with Gasteiger partial charge in [-0.05, 0) is 31.2 Å². The first-order valence-electron chi connectivity index (χ1n) is 7.97. The summed E-state index contributed by atoms with van der Waals surface area (Å²) in [5.41, 5.74) is 2.48. The highest BCUT2D eigenvalue weighted by Gasteiger charge is 2.43. The largest absolute Gasteiger partial charge is 0.355 e. The zero-order valence-electron chi connectivity index (χ0n) is 13.1. The number of carbonyl (C=O) groups is 1. The van der Waals surface area contributed by atoms with Gasteiger partial charge in [0.15, 0.2) is 0 Å². The van der Waals surface area contributed by atoms with Gasteiger partial charge in [-0.25, -0.2) is 4.98 Å². The molecule has 0 saturated heterocycles. The number of aryl methyl sites for hydroxylation is 2. The number of nitrogens with one attached hydrogen (secondary N) is 1. The van der Waals surface area contributed by atoms with Gasteiger partial charge in [-0.3, -0.25) is 4.79 Å². The van der Waals surface area contributed by atoms with Crippen molar-refractivity contribution < 1.29 is 4.79 Å². The van der Waals surface area contributed by atoms with E-state index >= 15 is 0 Å². The number of hydrogen-bond donors (Lipinski definition) is 1. The van der Waals surface area contributed by atoms with Crippen molar-refractivity contribution in [3.05, 3.63) is 51.5 Å². The zero-order chi connectivity index (χ0) is 15.5. The molecule has 2 aromatic rings. The lowest BCUT2D eigenvalue weighted by molar-refractivity contribution is -0.122. The van der Waals surface area contributed by atoms with Crippen LogP contribution >= 0.6 is 11.3 Å². The summed E-state index contributed by atoms with van der Waals surface area (Å²) in [6.45, 7) is 4.94. The number of aromatic nitrogens is 1. The van der Waals surface area contributed by atoms with E-state index in [0.717, 1.165) is 24.3 Å². The lowest BCUT2D eigenvalue weighted by Gasteiger charge is -2.03. The Morgan fingerprint density at radius 3 is 2.82 bits per heavy atom. The average Bonchev–Trinajstić information content (AvgIpc) is 3.26. The van der Waals surface area contributed by atoms with Crippen molar-refractivity contribution in [2.45, 2.75) is 39.0 Å². The lowest BCUT2D eigenvalue weighted by atomic mass is 10.1. The fourth-order valence-electron chi connectivity index (χ4n) is 2.90. The summed E-state index contributed by atoms with van der Waals surface area (Å²) >= 11 is 1.75. The maximum Gasteiger partial charge on any atom is 0.223 e. The molecule has 1 fully saturated rings. The maximum absolute atomic E-state index is 12.2. The van der Waals surface area contributed by atoms with E-state index in [1.807, 2.05) is 18.2 Å². The molecule has 0 radical (unpaired) electrons. The number of rotatable bonds is 6. The van der Waals surface area contributed by atoms with E-state index < -0.39 is 0 Å². The number of nitrogens with zero attached hydrogens (tertiary/aromatic N) is 1. The van der Waals surface area contributed by atoms with Crippen LogP contribution in [0.3, 0.4) is 0 Å². The van der Waals surface area contributed by atoms with Crippen LogP contribution in [0.15, 0.2) is 30.3 Å². The molecule has 116 valence electrons. The van der Waals surface area contributed by atoms with Crippen LogP contribution in [0.25, 0.3) is 0 Å². The molecule has 1 aliphatic carbocycles. The van der Waals surface area contributed by atoms with Gasteiger partial charge in [-0.15, -0.1) is 11.3 Å². The molecule has 1 aliphatic rings. The van der Waals surface area contributed by atoms with Crippen LogP contribution in [0, 0.1) is 12.8 Å². The highest BCUT2D eigenvalue weighted by Crippen LogP contribution is 2.47. The monoisotopic (exact) mass is 314 g/mol. The highest BCUT2D eigenvalue weighted by molar-refractivity contribution is 7.11. The van der Waals surface area contributed by atoms with Crippen LogP contribution in [-0.4, -0.2) is 17.4 Å². The van der Waals surface area contributed by atoms with Gasteiger partial charge in [0.2, 0.25) is 5.91 Å². The smallest absolute Gasteiger partial charge is 0.223 e. The first-order valence-corrected chi connectivity index (χ1v) is 8.78. The lowest BCUT2D eigenvalue weighted by Crippen LogP contribution is -2.27. The predicted molar refractivity (Wildman–Crippen MR) is 90.2 cm³/mol. The minimum absolute atomic E-state index is 0.159. The van der Waals surface area contributed by atoms with Gasteiger partial charge in [0, 0.05) is 23.8 Å². The van der Waals surface area contributed by atoms with Crippen LogP contribution in [-0.2, 0) is 17.6 Å². The van der Waals surface area contributed by atoms with Gasteiger partial charge in [0.05, 0.1) is 10.7 Å². The third-order valence-corrected chi connectivity index (χ3v) is 5.34. The Morgan fingerprint density at radius 2 is 2.14 bits per heavy atom. The summed E-state index contributed by atoms with van der Waals surface area (Å²) in [6, 6.07) is 10.3. The van der Waals surface area contributed by atoms with Crippen molar-refractivity contribution in [1.29, 1.82) is 0 Å². The highest BCUT2D eigenvalue weighted by atomic mass is 32.1. The zero-order valence-corrected chi connectivity index (χ0v) is 14.0. The Bertz CT molecular complexity index is 650. The molecule has 0 aliphatic heterocycles. The number of benzene rings is 1. The predicted octanol–water partition coefficient (Wildman–Crippen LogP) is 3.48. The normalized spacial score (nSPS) is 19.9. The van der Waals surface area contributed by atoms with E-state index in [-0.39, 0.29) is 11.8 Å². The van der Waals surface area contributed by atoms with Crippen molar-refractivity contribution in [2.24, 2.45) is 5.92 Å². The van der Waals surface area contributed by atoms with Crippen molar-refractivity contribution in [3.63, 3.8) is 0 Å². The van der Waals surface area contributed by atoms with E-state index in [9.17, 15) is 4.79 Å². The van der Waals surface area contributed by atoms with Gasteiger partial charge in [-0.2, -0.15) is 0 Å². The molecule has 1 amide bonds. The average molecular weight is 314 g/mol. The Labute approximate surface area is 135 Å². The minimum atomic E-state index is 0.159. The molecule has 4 heteroatoms. The van der Waals surface area contributed by atoms with Gasteiger partial charge in [-0.1, -0.05) is 37.3 Å². The topological polar surface area (TPSA) is 42.0 Å². The number of carbonyl (C=O) groups excluding carboxylic acids is 1. The summed E-state index contributed by atoms with van der Waals surface area (Å²) in [7, 11) is 0. The molecular weight excluding hydrogens is 292 g/mol. The maximum atomic E-state index is 12.2. The standard InChI is InChI=1S/C18H22N2OS/c1-3-16-12(2)22-17(20-16)9-10-19-18(21)15-11-14(15)13-7-5-4-6-8-13/h4-8,14-15H,3,9-11H2,1-2H3,(H,19,21)/t14-,15-/m1/s1. The van der Waals surface area contributed by atoms with Gasteiger partial charge in [0.1, 0.15) is 0 Å². The second kappa shape index (κ2) is 6.61. The molecule has 0 unspecified atom stereocenters. The number of hydrogen-bond acceptors (Lipinski definition) is 3. The van der Waals surface area contributed by atoms with E-state index in [4.69, 9.17) is 0 Å². The van der Waals surface area contributed by atoms with Crippen LogP contribution in [0.1, 0.15) is 40.4 Å². The molecule has 1 heterocycles. The van der Waals surface area contributed by atoms with Crippen molar-refractivity contribution >= 4 is 17.2 Å². The van der Waals surface area contributed by atoms with Crippen molar-refractivity contribution in [1.82, 2.24) is 10.3 Å². The minimum Gasteiger partial charge on any atom is -0.355 e. The Hall–Kier alpha value is -1.68. The molecule has 0 bridgehead atoms. The van der Waals surface area contributed by atoms with E-state index in [1.54, 1.807) is 11.3 Å². The molecule has 3 rings (SSSR count). The molecule has 2 atom stereocenters. The summed E-state index contributed by atoms with van der Waals surface area (Å²) in [6.07, 6.45) is 2.79. The van der Waals surface area contributed by atoms with Gasteiger partial charge < -0.3 is 5.32 Å². The summed E-state index contributed by atoms with van der Waals surface area (Å²) < 4.78 is 0. The molecule has 1 saturated carbocycles. The fraction of sp³-hybridized carbons (Fsp3) is 0.444. The summed E-state index contributed by atoms with van der Waals surface area (Å²) in [5, 5.41) is 4.20. The molecule has 3 nitrogen and oxygen atoms in total. The first-order chi connectivity index (χ1) is 10.7. The van der Waals surface area contributed by atoms with E-state index in [0.29, 0.717) is 12.5 Å². The third kappa shape index (κ3) is 3.38. The van der Waals surface area contributed by atoms with Gasteiger partial charge in [0.25, 0.3) is 0 Å². The molecule has 1 aromatic carbocycles. The third-order valence-electron chi connectivity index (χ3n) is 4.26. The van der Waals surface area contributed by atoms with E-state index in [1.165, 1.54) is 16.1 Å². The van der Waals surface area contributed by atoms with Gasteiger partial charge >= 0.3 is 0 Å². The second-order valence-corrected chi connectivity index (χ2v) is 7.15. The quantitative estimate of drug-likeness (QED) is 0.887. The Balaban J connectivity index is 1.45. The Morgan fingerprint density at radius 1 is 1.36 bits per heavy atom. The van der Waals surface area contributed by atoms with Crippen LogP contribution in [0.4, 0.5) is 0 Å². The first kappa shape index (κ1) is 15.2. The van der Waals surface area contributed by atoms with Crippen LogP contribution in [0.2, 0.25) is 0 Å².